The lowest BCUT2D eigenvalue weighted by Gasteiger charge is -2.13. The number of aliphatic imine (C=N–C) groups is 1. The molecular formula is C16H26N4O. The lowest BCUT2D eigenvalue weighted by molar-refractivity contribution is -0.118. The van der Waals surface area contributed by atoms with Gasteiger partial charge in [-0.25, -0.2) is 4.99 Å². The van der Waals surface area contributed by atoms with Gasteiger partial charge in [0, 0.05) is 18.2 Å². The van der Waals surface area contributed by atoms with Crippen molar-refractivity contribution in [1.29, 1.82) is 0 Å². The Hall–Kier alpha value is -2.04. The maximum Gasteiger partial charge on any atom is 0.226 e. The van der Waals surface area contributed by atoms with Gasteiger partial charge in [0.15, 0.2) is 0 Å². The Labute approximate surface area is 127 Å². The Balaban J connectivity index is 2.83. The first kappa shape index (κ1) is 17.0. The van der Waals surface area contributed by atoms with Crippen molar-refractivity contribution in [1.82, 2.24) is 0 Å². The van der Waals surface area contributed by atoms with Crippen LogP contribution in [0.2, 0.25) is 0 Å². The molecule has 0 fully saturated rings. The van der Waals surface area contributed by atoms with E-state index in [1.807, 2.05) is 32.0 Å². The van der Waals surface area contributed by atoms with E-state index in [9.17, 15) is 4.79 Å². The van der Waals surface area contributed by atoms with E-state index in [0.29, 0.717) is 5.92 Å². The van der Waals surface area contributed by atoms with E-state index in [1.165, 1.54) is 6.34 Å². The summed E-state index contributed by atoms with van der Waals surface area (Å²) in [7, 11) is 0. The van der Waals surface area contributed by atoms with Crippen molar-refractivity contribution >= 4 is 29.3 Å². The first-order chi connectivity index (χ1) is 9.93. The molecule has 0 unspecified atom stereocenters. The Bertz CT molecular complexity index is 495. The standard InChI is InChI=1S/C16H26N4O/c1-11(2)7-8-18-14-6-5-13(9-15(14)19-10-17)20-16(21)12(3)4/h5-6,9-12,18H,7-8H2,1-4H3,(H2,17,19)(H,20,21). The molecule has 0 atom stereocenters. The van der Waals surface area contributed by atoms with Crippen molar-refractivity contribution in [3.63, 3.8) is 0 Å². The second-order valence-electron chi connectivity index (χ2n) is 5.76. The highest BCUT2D eigenvalue weighted by Gasteiger charge is 2.09. The van der Waals surface area contributed by atoms with E-state index in [-0.39, 0.29) is 11.8 Å². The molecule has 0 heterocycles. The Kier molecular flexibility index (Phi) is 6.72. The minimum atomic E-state index is -0.0599. The smallest absolute Gasteiger partial charge is 0.226 e. The van der Waals surface area contributed by atoms with Crippen LogP contribution in [0.4, 0.5) is 17.1 Å². The lowest BCUT2D eigenvalue weighted by Crippen LogP contribution is -2.17. The maximum absolute atomic E-state index is 11.7. The van der Waals surface area contributed by atoms with Crippen molar-refractivity contribution in [2.45, 2.75) is 34.1 Å². The van der Waals surface area contributed by atoms with Gasteiger partial charge in [-0.05, 0) is 30.5 Å². The zero-order valence-electron chi connectivity index (χ0n) is 13.3. The van der Waals surface area contributed by atoms with Crippen LogP contribution in [-0.4, -0.2) is 18.8 Å². The maximum atomic E-state index is 11.7. The number of amides is 1. The molecule has 1 aromatic carbocycles. The van der Waals surface area contributed by atoms with Gasteiger partial charge < -0.3 is 16.4 Å². The fourth-order valence-corrected chi connectivity index (χ4v) is 1.73. The molecular weight excluding hydrogens is 264 g/mol. The third-order valence-corrected chi connectivity index (χ3v) is 3.04. The normalized spacial score (nSPS) is 11.3. The van der Waals surface area contributed by atoms with Gasteiger partial charge in [0.2, 0.25) is 5.91 Å². The second-order valence-corrected chi connectivity index (χ2v) is 5.76. The van der Waals surface area contributed by atoms with Crippen LogP contribution < -0.4 is 16.4 Å². The van der Waals surface area contributed by atoms with Crippen molar-refractivity contribution in [3.05, 3.63) is 18.2 Å². The minimum Gasteiger partial charge on any atom is -0.390 e. The largest absolute Gasteiger partial charge is 0.390 e. The van der Waals surface area contributed by atoms with Crippen molar-refractivity contribution in [3.8, 4) is 0 Å². The van der Waals surface area contributed by atoms with Gasteiger partial charge in [-0.1, -0.05) is 27.7 Å². The lowest BCUT2D eigenvalue weighted by atomic mass is 10.1. The van der Waals surface area contributed by atoms with Crippen LogP contribution in [0.5, 0.6) is 0 Å². The highest BCUT2D eigenvalue weighted by atomic mass is 16.1. The number of nitrogens with two attached hydrogens (primary N) is 1. The fraction of sp³-hybridized carbons (Fsp3) is 0.500. The monoisotopic (exact) mass is 290 g/mol. The van der Waals surface area contributed by atoms with Gasteiger partial charge in [0.1, 0.15) is 0 Å². The molecule has 0 saturated carbocycles. The Morgan fingerprint density at radius 1 is 1.33 bits per heavy atom. The molecule has 0 aliphatic rings. The van der Waals surface area contributed by atoms with E-state index in [2.05, 4.69) is 29.5 Å². The molecule has 4 N–H and O–H groups in total. The molecule has 21 heavy (non-hydrogen) atoms. The molecule has 1 rings (SSSR count). The second kappa shape index (κ2) is 8.29. The number of hydrogen-bond donors (Lipinski definition) is 3. The Morgan fingerprint density at radius 2 is 2.05 bits per heavy atom. The number of rotatable bonds is 7. The molecule has 5 nitrogen and oxygen atoms in total. The third kappa shape index (κ3) is 5.85. The number of benzene rings is 1. The molecule has 0 bridgehead atoms. The van der Waals surface area contributed by atoms with Crippen LogP contribution >= 0.6 is 0 Å². The van der Waals surface area contributed by atoms with Crippen LogP contribution in [0.25, 0.3) is 0 Å². The van der Waals surface area contributed by atoms with Crippen LogP contribution in [-0.2, 0) is 4.79 Å². The van der Waals surface area contributed by atoms with E-state index in [4.69, 9.17) is 5.73 Å². The van der Waals surface area contributed by atoms with Crippen molar-refractivity contribution < 1.29 is 4.79 Å². The van der Waals surface area contributed by atoms with Crippen LogP contribution in [0.3, 0.4) is 0 Å². The third-order valence-electron chi connectivity index (χ3n) is 3.04. The molecule has 0 aliphatic heterocycles. The molecule has 1 aromatic rings. The molecule has 5 heteroatoms. The summed E-state index contributed by atoms with van der Waals surface area (Å²) in [6, 6.07) is 5.60. The highest BCUT2D eigenvalue weighted by Crippen LogP contribution is 2.28. The van der Waals surface area contributed by atoms with Gasteiger partial charge in [-0.2, -0.15) is 0 Å². The van der Waals surface area contributed by atoms with E-state index in [0.717, 1.165) is 30.0 Å². The SMILES string of the molecule is CC(C)CCNc1ccc(NC(=O)C(C)C)cc1N=CN. The fourth-order valence-electron chi connectivity index (χ4n) is 1.73. The van der Waals surface area contributed by atoms with E-state index in [1.54, 1.807) is 0 Å². The summed E-state index contributed by atoms with van der Waals surface area (Å²) in [5, 5.41) is 6.21. The summed E-state index contributed by atoms with van der Waals surface area (Å²) in [6.45, 7) is 8.96. The molecule has 0 aliphatic carbocycles. The number of nitrogens with zero attached hydrogens (tertiary/aromatic N) is 1. The molecule has 1 amide bonds. The van der Waals surface area contributed by atoms with Crippen LogP contribution in [0.15, 0.2) is 23.2 Å². The van der Waals surface area contributed by atoms with Crippen molar-refractivity contribution in [2.24, 2.45) is 22.6 Å². The van der Waals surface area contributed by atoms with E-state index < -0.39 is 0 Å². The van der Waals surface area contributed by atoms with Crippen LogP contribution in [0.1, 0.15) is 34.1 Å². The zero-order chi connectivity index (χ0) is 15.8. The van der Waals surface area contributed by atoms with Gasteiger partial charge >= 0.3 is 0 Å². The van der Waals surface area contributed by atoms with Crippen molar-refractivity contribution in [2.75, 3.05) is 17.2 Å². The van der Waals surface area contributed by atoms with Gasteiger partial charge in [0.25, 0.3) is 0 Å². The number of hydrogen-bond acceptors (Lipinski definition) is 3. The predicted octanol–water partition coefficient (Wildman–Crippen LogP) is 3.36. The quantitative estimate of drug-likeness (QED) is 0.532. The summed E-state index contributed by atoms with van der Waals surface area (Å²) < 4.78 is 0. The molecule has 116 valence electrons. The van der Waals surface area contributed by atoms with Gasteiger partial charge in [-0.15, -0.1) is 0 Å². The van der Waals surface area contributed by atoms with Crippen LogP contribution in [0, 0.1) is 11.8 Å². The van der Waals surface area contributed by atoms with E-state index >= 15 is 0 Å². The first-order valence-electron chi connectivity index (χ1n) is 7.37. The summed E-state index contributed by atoms with van der Waals surface area (Å²) in [6.07, 6.45) is 2.34. The molecule has 0 saturated heterocycles. The summed E-state index contributed by atoms with van der Waals surface area (Å²) in [5.74, 6) is 0.567. The minimum absolute atomic E-state index is 0.0156. The number of carbonyl (C=O) groups is 1. The average Bonchev–Trinajstić information content (AvgIpc) is 2.41. The highest BCUT2D eigenvalue weighted by molar-refractivity contribution is 5.93. The predicted molar refractivity (Wildman–Crippen MR) is 90.2 cm³/mol. The zero-order valence-corrected chi connectivity index (χ0v) is 13.3. The molecule has 0 spiro atoms. The van der Waals surface area contributed by atoms with Gasteiger partial charge in [0.05, 0.1) is 17.7 Å². The Morgan fingerprint density at radius 3 is 2.62 bits per heavy atom. The summed E-state index contributed by atoms with van der Waals surface area (Å²) >= 11 is 0. The first-order valence-corrected chi connectivity index (χ1v) is 7.37. The summed E-state index contributed by atoms with van der Waals surface area (Å²) in [5.41, 5.74) is 7.77. The number of nitrogens with one attached hydrogen (secondary N) is 2. The average molecular weight is 290 g/mol. The van der Waals surface area contributed by atoms with Gasteiger partial charge in [-0.3, -0.25) is 4.79 Å². The topological polar surface area (TPSA) is 79.5 Å². The summed E-state index contributed by atoms with van der Waals surface area (Å²) in [4.78, 5) is 15.9. The number of anilines is 2. The number of carbonyl (C=O) groups excluding carboxylic acids is 1. The molecule has 0 radical (unpaired) electrons. The molecule has 0 aromatic heterocycles.